The third-order valence-electron chi connectivity index (χ3n) is 2.84. The number of hydrogen-bond acceptors (Lipinski definition) is 4. The van der Waals surface area contributed by atoms with Crippen molar-refractivity contribution in [2.45, 2.75) is 19.8 Å². The summed E-state index contributed by atoms with van der Waals surface area (Å²) in [5, 5.41) is 9.75. The highest BCUT2D eigenvalue weighted by Crippen LogP contribution is 2.24. The predicted molar refractivity (Wildman–Crippen MR) is 74.2 cm³/mol. The Labute approximate surface area is 119 Å². The second-order valence-electron chi connectivity index (χ2n) is 4.19. The van der Waals surface area contributed by atoms with E-state index in [1.807, 2.05) is 6.92 Å². The van der Waals surface area contributed by atoms with Crippen LogP contribution < -0.4 is 4.74 Å². The Hall–Kier alpha value is -1.95. The molecule has 0 unspecified atom stereocenters. The minimum absolute atomic E-state index is 0.188. The molecular formula is C14H14FNO3S. The van der Waals surface area contributed by atoms with Gasteiger partial charge in [-0.2, -0.15) is 0 Å². The molecule has 0 bridgehead atoms. The standard InChI is InChI=1S/C14H14FNO3S/c1-3-10-13(14(17)18)20-12(16-10)7-8-4-5-11(19-2)9(15)6-8/h4-6H,3,7H2,1-2H3,(H,17,18). The molecule has 0 saturated carbocycles. The van der Waals surface area contributed by atoms with Gasteiger partial charge >= 0.3 is 5.97 Å². The number of halogens is 1. The molecule has 0 aliphatic carbocycles. The molecule has 0 radical (unpaired) electrons. The van der Waals surface area contributed by atoms with E-state index in [0.29, 0.717) is 23.5 Å². The Balaban J connectivity index is 2.26. The molecule has 6 heteroatoms. The van der Waals surface area contributed by atoms with Crippen molar-refractivity contribution >= 4 is 17.3 Å². The van der Waals surface area contributed by atoms with Crippen LogP contribution in [0.25, 0.3) is 0 Å². The average molecular weight is 295 g/mol. The first kappa shape index (κ1) is 14.5. The van der Waals surface area contributed by atoms with Gasteiger partial charge in [-0.25, -0.2) is 14.2 Å². The van der Waals surface area contributed by atoms with Crippen molar-refractivity contribution in [3.05, 3.63) is 45.2 Å². The molecule has 1 aromatic heterocycles. The Morgan fingerprint density at radius 3 is 2.75 bits per heavy atom. The van der Waals surface area contributed by atoms with Gasteiger partial charge in [0.15, 0.2) is 11.6 Å². The predicted octanol–water partition coefficient (Wildman–Crippen LogP) is 3.14. The van der Waals surface area contributed by atoms with Gasteiger partial charge in [-0.3, -0.25) is 0 Å². The SMILES string of the molecule is CCc1nc(Cc2ccc(OC)c(F)c2)sc1C(=O)O. The fourth-order valence-electron chi connectivity index (χ4n) is 1.88. The number of rotatable bonds is 5. The Kier molecular flexibility index (Phi) is 4.34. The third-order valence-corrected chi connectivity index (χ3v) is 3.93. The van der Waals surface area contributed by atoms with E-state index < -0.39 is 11.8 Å². The lowest BCUT2D eigenvalue weighted by Crippen LogP contribution is -1.97. The number of carboxylic acids is 1. The van der Waals surface area contributed by atoms with Crippen LogP contribution >= 0.6 is 11.3 Å². The van der Waals surface area contributed by atoms with Crippen LogP contribution in [0.2, 0.25) is 0 Å². The summed E-state index contributed by atoms with van der Waals surface area (Å²) < 4.78 is 18.5. The second-order valence-corrected chi connectivity index (χ2v) is 5.27. The number of aryl methyl sites for hydroxylation is 1. The van der Waals surface area contributed by atoms with E-state index in [1.165, 1.54) is 13.2 Å². The van der Waals surface area contributed by atoms with Crippen LogP contribution in [0.15, 0.2) is 18.2 Å². The second kappa shape index (κ2) is 6.00. The van der Waals surface area contributed by atoms with Crippen LogP contribution in [0.1, 0.15) is 32.9 Å². The van der Waals surface area contributed by atoms with Crippen molar-refractivity contribution in [3.8, 4) is 5.75 Å². The quantitative estimate of drug-likeness (QED) is 0.920. The summed E-state index contributed by atoms with van der Waals surface area (Å²) in [6.45, 7) is 1.86. The van der Waals surface area contributed by atoms with Crippen LogP contribution in [0, 0.1) is 5.82 Å². The minimum Gasteiger partial charge on any atom is -0.494 e. The lowest BCUT2D eigenvalue weighted by Gasteiger charge is -2.03. The highest BCUT2D eigenvalue weighted by atomic mass is 32.1. The van der Waals surface area contributed by atoms with Gasteiger partial charge in [0.1, 0.15) is 4.88 Å². The largest absolute Gasteiger partial charge is 0.494 e. The van der Waals surface area contributed by atoms with Gasteiger partial charge in [0.05, 0.1) is 17.8 Å². The molecule has 0 aliphatic heterocycles. The molecule has 0 fully saturated rings. The molecule has 4 nitrogen and oxygen atoms in total. The number of carboxylic acid groups (broad SMARTS) is 1. The first-order valence-electron chi connectivity index (χ1n) is 6.09. The summed E-state index contributed by atoms with van der Waals surface area (Å²) in [6, 6.07) is 4.68. The number of hydrogen-bond donors (Lipinski definition) is 1. The maximum absolute atomic E-state index is 13.6. The fraction of sp³-hybridized carbons (Fsp3) is 0.286. The Bertz CT molecular complexity index is 639. The lowest BCUT2D eigenvalue weighted by molar-refractivity contribution is 0.0701. The average Bonchev–Trinajstić information content (AvgIpc) is 2.82. The van der Waals surface area contributed by atoms with E-state index in [0.717, 1.165) is 16.9 Å². The minimum atomic E-state index is -0.966. The van der Waals surface area contributed by atoms with Crippen molar-refractivity contribution in [3.63, 3.8) is 0 Å². The molecule has 2 rings (SSSR count). The molecule has 2 aromatic rings. The molecule has 20 heavy (non-hydrogen) atoms. The maximum atomic E-state index is 13.6. The summed E-state index contributed by atoms with van der Waals surface area (Å²) >= 11 is 1.14. The van der Waals surface area contributed by atoms with Gasteiger partial charge in [0.25, 0.3) is 0 Å². The van der Waals surface area contributed by atoms with E-state index >= 15 is 0 Å². The molecule has 106 valence electrons. The number of nitrogens with zero attached hydrogens (tertiary/aromatic N) is 1. The molecule has 0 spiro atoms. The third kappa shape index (κ3) is 2.96. The van der Waals surface area contributed by atoms with Crippen molar-refractivity contribution in [1.29, 1.82) is 0 Å². The topological polar surface area (TPSA) is 59.4 Å². The smallest absolute Gasteiger partial charge is 0.347 e. The zero-order chi connectivity index (χ0) is 14.7. The van der Waals surface area contributed by atoms with Crippen molar-refractivity contribution in [2.75, 3.05) is 7.11 Å². The van der Waals surface area contributed by atoms with Gasteiger partial charge < -0.3 is 9.84 Å². The maximum Gasteiger partial charge on any atom is 0.347 e. The van der Waals surface area contributed by atoms with E-state index in [4.69, 9.17) is 9.84 Å². The van der Waals surface area contributed by atoms with Crippen LogP contribution in [0.3, 0.4) is 0 Å². The number of ether oxygens (including phenoxy) is 1. The first-order chi connectivity index (χ1) is 9.55. The summed E-state index contributed by atoms with van der Waals surface area (Å²) in [6.07, 6.45) is 0.973. The van der Waals surface area contributed by atoms with Crippen molar-refractivity contribution in [1.82, 2.24) is 4.98 Å². The van der Waals surface area contributed by atoms with Crippen molar-refractivity contribution in [2.24, 2.45) is 0 Å². The molecular weight excluding hydrogens is 281 g/mol. The lowest BCUT2D eigenvalue weighted by atomic mass is 10.1. The summed E-state index contributed by atoms with van der Waals surface area (Å²) in [4.78, 5) is 15.6. The number of aromatic nitrogens is 1. The summed E-state index contributed by atoms with van der Waals surface area (Å²) in [5.74, 6) is -1.21. The van der Waals surface area contributed by atoms with E-state index in [9.17, 15) is 9.18 Å². The van der Waals surface area contributed by atoms with Crippen LogP contribution in [0.5, 0.6) is 5.75 Å². The number of carbonyl (C=O) groups is 1. The van der Waals surface area contributed by atoms with Gasteiger partial charge in [-0.1, -0.05) is 13.0 Å². The summed E-state index contributed by atoms with van der Waals surface area (Å²) in [7, 11) is 1.41. The fourth-order valence-corrected chi connectivity index (χ4v) is 2.90. The molecule has 0 atom stereocenters. The number of benzene rings is 1. The van der Waals surface area contributed by atoms with Crippen LogP contribution in [0.4, 0.5) is 4.39 Å². The molecule has 1 N–H and O–H groups in total. The summed E-state index contributed by atoms with van der Waals surface area (Å²) in [5.41, 5.74) is 1.31. The van der Waals surface area contributed by atoms with Crippen molar-refractivity contribution < 1.29 is 19.0 Å². The normalized spacial score (nSPS) is 10.6. The number of methoxy groups -OCH3 is 1. The number of thiazole rings is 1. The number of aromatic carboxylic acids is 1. The molecule has 0 saturated heterocycles. The Morgan fingerprint density at radius 2 is 2.25 bits per heavy atom. The molecule has 1 heterocycles. The van der Waals surface area contributed by atoms with E-state index in [-0.39, 0.29) is 10.6 Å². The van der Waals surface area contributed by atoms with Gasteiger partial charge in [-0.05, 0) is 24.1 Å². The zero-order valence-corrected chi connectivity index (χ0v) is 12.0. The van der Waals surface area contributed by atoms with Crippen LogP contribution in [-0.2, 0) is 12.8 Å². The molecule has 1 aromatic carbocycles. The Morgan fingerprint density at radius 1 is 1.50 bits per heavy atom. The van der Waals surface area contributed by atoms with Gasteiger partial charge in [0.2, 0.25) is 0 Å². The highest BCUT2D eigenvalue weighted by molar-refractivity contribution is 7.13. The van der Waals surface area contributed by atoms with Gasteiger partial charge in [0, 0.05) is 6.42 Å². The first-order valence-corrected chi connectivity index (χ1v) is 6.91. The monoisotopic (exact) mass is 295 g/mol. The van der Waals surface area contributed by atoms with E-state index in [1.54, 1.807) is 12.1 Å². The van der Waals surface area contributed by atoms with Crippen LogP contribution in [-0.4, -0.2) is 23.2 Å². The molecule has 0 amide bonds. The zero-order valence-electron chi connectivity index (χ0n) is 11.1. The van der Waals surface area contributed by atoms with Gasteiger partial charge in [-0.15, -0.1) is 11.3 Å². The van der Waals surface area contributed by atoms with E-state index in [2.05, 4.69) is 4.98 Å². The molecule has 0 aliphatic rings. The highest BCUT2D eigenvalue weighted by Gasteiger charge is 2.16.